The maximum atomic E-state index is 16.2. The summed E-state index contributed by atoms with van der Waals surface area (Å²) in [5.41, 5.74) is 2.30. The van der Waals surface area contributed by atoms with Gasteiger partial charge in [0.1, 0.15) is 0 Å². The molecule has 2 aromatic heterocycles. The number of amides is 1. The minimum Gasteiger partial charge on any atom is -0.396 e. The quantitative estimate of drug-likeness (QED) is 0.157. The number of aryl methyl sites for hydroxylation is 1. The topological polar surface area (TPSA) is 118 Å². The van der Waals surface area contributed by atoms with Crippen LogP contribution in [-0.4, -0.2) is 56.9 Å². The van der Waals surface area contributed by atoms with Gasteiger partial charge in [-0.1, -0.05) is 48.0 Å². The highest BCUT2D eigenvalue weighted by Gasteiger charge is 2.66. The van der Waals surface area contributed by atoms with E-state index >= 15 is 4.11 Å². The van der Waals surface area contributed by atoms with Crippen molar-refractivity contribution >= 4 is 42.5 Å². The van der Waals surface area contributed by atoms with Gasteiger partial charge in [-0.05, 0) is 67.5 Å². The number of ether oxygens (including phenoxy) is 1. The molecule has 0 bridgehead atoms. The van der Waals surface area contributed by atoms with Gasteiger partial charge in [0, 0.05) is 47.8 Å². The van der Waals surface area contributed by atoms with Crippen molar-refractivity contribution in [2.24, 2.45) is 5.92 Å². The fraction of sp³-hybridized carbons (Fsp3) is 0.353. The summed E-state index contributed by atoms with van der Waals surface area (Å²) in [7, 11) is -3.34. The van der Waals surface area contributed by atoms with Gasteiger partial charge in [-0.25, -0.2) is 4.68 Å². The van der Waals surface area contributed by atoms with Gasteiger partial charge in [0.2, 0.25) is 8.41 Å². The minimum atomic E-state index is -3.34. The Morgan fingerprint density at radius 2 is 1.87 bits per heavy atom. The normalized spacial score (nSPS) is 22.6. The summed E-state index contributed by atoms with van der Waals surface area (Å²) in [6.45, 7) is 5.93. The number of para-hydroxylation sites is 1. The lowest BCUT2D eigenvalue weighted by molar-refractivity contribution is -0.146. The number of halogens is 2. The van der Waals surface area contributed by atoms with Crippen molar-refractivity contribution in [3.05, 3.63) is 105 Å². The number of carbonyl (C=O) groups excluding carboxylic acids is 1. The zero-order chi connectivity index (χ0) is 33.1. The summed E-state index contributed by atoms with van der Waals surface area (Å²) in [4.78, 5) is 29.3. The molecule has 3 aromatic carbocycles. The molecule has 4 heterocycles. The van der Waals surface area contributed by atoms with Gasteiger partial charge in [0.15, 0.2) is 5.60 Å². The maximum Gasteiger partial charge on any atom is 0.279 e. The van der Waals surface area contributed by atoms with Crippen molar-refractivity contribution in [1.29, 1.82) is 0 Å². The number of aliphatic hydroxyl groups is 1. The summed E-state index contributed by atoms with van der Waals surface area (Å²) in [6, 6.07) is 20.2. The monoisotopic (exact) mass is 674 g/mol. The lowest BCUT2D eigenvalue weighted by atomic mass is 9.82. The average molecular weight is 675 g/mol. The second-order valence-corrected chi connectivity index (χ2v) is 17.3. The number of H-pyrrole nitrogens is 1. The van der Waals surface area contributed by atoms with Crippen molar-refractivity contribution in [1.82, 2.24) is 24.8 Å². The second kappa shape index (κ2) is 11.9. The molecule has 5 aromatic rings. The number of carbonyl (C=O) groups is 1. The Kier molecular flexibility index (Phi) is 7.94. The van der Waals surface area contributed by atoms with Crippen molar-refractivity contribution in [3.8, 4) is 5.69 Å². The summed E-state index contributed by atoms with van der Waals surface area (Å²) in [5, 5.41) is 21.7. The number of hydrogen-bond donors (Lipinski definition) is 2. The number of nitrogens with zero attached hydrogens (tertiary/aromatic N) is 5. The number of rotatable bonds is 9. The number of fused-ring (bicyclic) bond motifs is 3. The third-order valence-corrected chi connectivity index (χ3v) is 12.3. The van der Waals surface area contributed by atoms with Gasteiger partial charge >= 0.3 is 0 Å². The Morgan fingerprint density at radius 3 is 2.60 bits per heavy atom. The molecule has 1 amide bonds. The molecule has 2 N–H and O–H groups in total. The molecule has 1 saturated heterocycles. The maximum absolute atomic E-state index is 16.2. The van der Waals surface area contributed by atoms with Crippen molar-refractivity contribution in [3.63, 3.8) is 0 Å². The predicted molar refractivity (Wildman–Crippen MR) is 180 cm³/mol. The summed E-state index contributed by atoms with van der Waals surface area (Å²) < 4.78 is 26.2. The van der Waals surface area contributed by atoms with Gasteiger partial charge in [0.25, 0.3) is 11.5 Å². The number of hydrogen-bond acceptors (Lipinski definition) is 6. The fourth-order valence-corrected chi connectivity index (χ4v) is 10.3. The van der Waals surface area contributed by atoms with Crippen LogP contribution in [0.2, 0.25) is 23.7 Å². The van der Waals surface area contributed by atoms with E-state index in [-0.39, 0.29) is 24.6 Å². The summed E-state index contributed by atoms with van der Waals surface area (Å²) in [5.74, 6) is -0.694. The highest BCUT2D eigenvalue weighted by atomic mass is 35.5. The Hall–Kier alpha value is -4.10. The molecular formula is C34H36ClFN6O4Si. The Bertz CT molecular complexity index is 2020. The van der Waals surface area contributed by atoms with Gasteiger partial charge in [-0.2, -0.15) is 0 Å². The predicted octanol–water partition coefficient (Wildman–Crippen LogP) is 5.51. The third-order valence-electron chi connectivity index (χ3n) is 9.65. The standard InChI is InChI=1S/C34H36ClFN6O4Si/c1-21-31(47(2,3)36)30(14-16-40-20-24(15-17-43)37-39-40)46-34(21)27-18-23(35)10-13-29(27)41(33(34)45)19-22-8-11-25(12-9-22)42-32(44)26-6-4-5-7-28(26)38-42/h4-13,18,20-21,30-31,38,43H,14-17,19H2,1-3H3/t21-,30+,31-,34+/m1/s1. The van der Waals surface area contributed by atoms with E-state index in [2.05, 4.69) is 15.4 Å². The smallest absolute Gasteiger partial charge is 0.279 e. The van der Waals surface area contributed by atoms with E-state index in [4.69, 9.17) is 16.3 Å². The zero-order valence-electron chi connectivity index (χ0n) is 26.4. The van der Waals surface area contributed by atoms with Crippen molar-refractivity contribution in [2.45, 2.75) is 63.2 Å². The molecule has 10 nitrogen and oxygen atoms in total. The van der Waals surface area contributed by atoms with Gasteiger partial charge in [-0.3, -0.25) is 19.4 Å². The van der Waals surface area contributed by atoms with Crippen LogP contribution in [-0.2, 0) is 34.6 Å². The summed E-state index contributed by atoms with van der Waals surface area (Å²) >= 11 is 6.52. The molecule has 0 saturated carbocycles. The van der Waals surface area contributed by atoms with Crippen LogP contribution in [0.3, 0.4) is 0 Å². The van der Waals surface area contributed by atoms with Gasteiger partial charge < -0.3 is 18.9 Å². The van der Waals surface area contributed by atoms with Crippen LogP contribution in [0.25, 0.3) is 16.6 Å². The first-order valence-electron chi connectivity index (χ1n) is 15.8. The highest BCUT2D eigenvalue weighted by Crippen LogP contribution is 2.60. The first-order chi connectivity index (χ1) is 22.5. The lowest BCUT2D eigenvalue weighted by Gasteiger charge is -2.31. The van der Waals surface area contributed by atoms with Crippen molar-refractivity contribution in [2.75, 3.05) is 11.5 Å². The summed E-state index contributed by atoms with van der Waals surface area (Å²) in [6.07, 6.45) is 2.08. The minimum absolute atomic E-state index is 0.0248. The van der Waals surface area contributed by atoms with E-state index in [1.165, 1.54) is 4.68 Å². The molecule has 0 radical (unpaired) electrons. The van der Waals surface area contributed by atoms with Crippen LogP contribution in [0, 0.1) is 5.92 Å². The van der Waals surface area contributed by atoms with Crippen LogP contribution >= 0.6 is 11.6 Å². The first kappa shape index (κ1) is 31.5. The van der Waals surface area contributed by atoms with E-state index in [0.29, 0.717) is 52.4 Å². The molecule has 1 spiro atoms. The molecule has 13 heteroatoms. The molecule has 4 atom stereocenters. The largest absolute Gasteiger partial charge is 0.396 e. The number of nitrogens with one attached hydrogen (secondary N) is 1. The molecule has 7 rings (SSSR count). The lowest BCUT2D eigenvalue weighted by Crippen LogP contribution is -2.45. The fourth-order valence-electron chi connectivity index (χ4n) is 7.56. The molecule has 244 valence electrons. The number of aromatic nitrogens is 5. The van der Waals surface area contributed by atoms with E-state index < -0.39 is 31.6 Å². The van der Waals surface area contributed by atoms with Crippen molar-refractivity contribution < 1.29 is 18.7 Å². The van der Waals surface area contributed by atoms with Crippen LogP contribution < -0.4 is 10.5 Å². The van der Waals surface area contributed by atoms with Crippen LogP contribution in [0.5, 0.6) is 0 Å². The van der Waals surface area contributed by atoms with Gasteiger partial charge in [0.05, 0.1) is 40.6 Å². The number of aromatic amines is 1. The Labute approximate surface area is 276 Å². The van der Waals surface area contributed by atoms with Crippen LogP contribution in [0.1, 0.15) is 30.2 Å². The number of anilines is 1. The molecular weight excluding hydrogens is 639 g/mol. The third kappa shape index (κ3) is 5.33. The highest BCUT2D eigenvalue weighted by molar-refractivity contribution is 6.72. The van der Waals surface area contributed by atoms with Crippen LogP contribution in [0.15, 0.2) is 77.7 Å². The second-order valence-electron chi connectivity index (χ2n) is 13.0. The van der Waals surface area contributed by atoms with E-state index in [1.807, 2.05) is 55.5 Å². The number of aliphatic hydroxyl groups excluding tert-OH is 1. The van der Waals surface area contributed by atoms with Crippen LogP contribution in [0.4, 0.5) is 9.80 Å². The SMILES string of the molecule is C[C@@H]1[C@@H]([Si](C)(C)F)[C@H](CCn2cc(CCO)nn2)O[C@@]12C(=O)N(Cc1ccc(-n3[nH]c4ccccc4c3=O)cc1)c1ccc(Cl)cc12. The molecule has 0 aliphatic carbocycles. The average Bonchev–Trinajstić information content (AvgIpc) is 3.77. The van der Waals surface area contributed by atoms with E-state index in [9.17, 15) is 14.7 Å². The molecule has 2 aliphatic heterocycles. The zero-order valence-corrected chi connectivity index (χ0v) is 28.1. The van der Waals surface area contributed by atoms with E-state index in [1.54, 1.807) is 47.1 Å². The van der Waals surface area contributed by atoms with Gasteiger partial charge in [-0.15, -0.1) is 5.10 Å². The van der Waals surface area contributed by atoms with E-state index in [0.717, 1.165) is 11.1 Å². The first-order valence-corrected chi connectivity index (χ1v) is 19.1. The molecule has 0 unspecified atom stereocenters. The Morgan fingerprint density at radius 1 is 1.11 bits per heavy atom. The molecule has 47 heavy (non-hydrogen) atoms. The molecule has 1 fully saturated rings. The Balaban J connectivity index is 1.19. The number of benzene rings is 3. The molecule has 2 aliphatic rings.